The van der Waals surface area contributed by atoms with Gasteiger partial charge in [0.1, 0.15) is 5.82 Å². The first kappa shape index (κ1) is 16.7. The van der Waals surface area contributed by atoms with Gasteiger partial charge in [-0.05, 0) is 12.5 Å². The van der Waals surface area contributed by atoms with Gasteiger partial charge in [-0.1, -0.05) is 6.92 Å². The second-order valence-electron chi connectivity index (χ2n) is 4.87. The predicted octanol–water partition coefficient (Wildman–Crippen LogP) is 1.34. The molecule has 0 saturated heterocycles. The van der Waals surface area contributed by atoms with Gasteiger partial charge in [0.25, 0.3) is 0 Å². The molecule has 0 bridgehead atoms. The second-order valence-corrected chi connectivity index (χ2v) is 4.87. The molecule has 0 aliphatic rings. The molecule has 1 heterocycles. The summed E-state index contributed by atoms with van der Waals surface area (Å²) in [5.41, 5.74) is -0.119. The van der Waals surface area contributed by atoms with Crippen molar-refractivity contribution in [1.29, 1.82) is 0 Å². The van der Waals surface area contributed by atoms with Gasteiger partial charge in [-0.3, -0.25) is 14.9 Å². The Morgan fingerprint density at radius 1 is 1.38 bits per heavy atom. The number of amides is 1. The molecule has 21 heavy (non-hydrogen) atoms. The molecule has 0 unspecified atom stereocenters. The minimum Gasteiger partial charge on any atom is -0.370 e. The van der Waals surface area contributed by atoms with Crippen LogP contribution in [0.2, 0.25) is 0 Å². The molecule has 1 aromatic rings. The van der Waals surface area contributed by atoms with Crippen molar-refractivity contribution in [3.05, 3.63) is 22.2 Å². The fourth-order valence-electron chi connectivity index (χ4n) is 1.64. The van der Waals surface area contributed by atoms with Crippen LogP contribution < -0.4 is 10.2 Å². The van der Waals surface area contributed by atoms with Crippen LogP contribution in [-0.2, 0) is 4.79 Å². The molecule has 0 radical (unpaired) electrons. The summed E-state index contributed by atoms with van der Waals surface area (Å²) in [7, 11) is 4.88. The van der Waals surface area contributed by atoms with Crippen molar-refractivity contribution in [3.8, 4) is 0 Å². The SMILES string of the molecule is CCCNc1ccc([N+](=O)[O-])c(N(C)CC(=O)N(C)C)n1. The smallest absolute Gasteiger partial charge is 0.311 e. The van der Waals surface area contributed by atoms with Gasteiger partial charge >= 0.3 is 5.69 Å². The number of hydrogen-bond acceptors (Lipinski definition) is 6. The summed E-state index contributed by atoms with van der Waals surface area (Å²) in [6, 6.07) is 2.97. The van der Waals surface area contributed by atoms with E-state index in [0.717, 1.165) is 13.0 Å². The van der Waals surface area contributed by atoms with E-state index >= 15 is 0 Å². The summed E-state index contributed by atoms with van der Waals surface area (Å²) in [4.78, 5) is 29.5. The molecule has 1 N–H and O–H groups in total. The summed E-state index contributed by atoms with van der Waals surface area (Å²) >= 11 is 0. The number of hydrogen-bond donors (Lipinski definition) is 1. The number of carbonyl (C=O) groups excluding carboxylic acids is 1. The lowest BCUT2D eigenvalue weighted by molar-refractivity contribution is -0.384. The summed E-state index contributed by atoms with van der Waals surface area (Å²) in [6.45, 7) is 2.77. The molecular weight excluding hydrogens is 274 g/mol. The van der Waals surface area contributed by atoms with Crippen molar-refractivity contribution in [3.63, 3.8) is 0 Å². The minimum absolute atomic E-state index is 0.0259. The average molecular weight is 295 g/mol. The molecule has 0 saturated carbocycles. The van der Waals surface area contributed by atoms with E-state index < -0.39 is 4.92 Å². The van der Waals surface area contributed by atoms with Crippen LogP contribution in [0.15, 0.2) is 12.1 Å². The number of pyridine rings is 1. The maximum Gasteiger partial charge on any atom is 0.311 e. The van der Waals surface area contributed by atoms with Gasteiger partial charge in [0.15, 0.2) is 0 Å². The molecule has 0 spiro atoms. The van der Waals surface area contributed by atoms with Crippen LogP contribution in [0.1, 0.15) is 13.3 Å². The molecule has 1 amide bonds. The standard InChI is InChI=1S/C13H21N5O3/c1-5-8-14-11-7-6-10(18(20)21)13(15-11)17(4)9-12(19)16(2)3/h6-7H,5,8-9H2,1-4H3,(H,14,15). The molecule has 116 valence electrons. The highest BCUT2D eigenvalue weighted by Crippen LogP contribution is 2.26. The number of carbonyl (C=O) groups is 1. The lowest BCUT2D eigenvalue weighted by atomic mass is 10.3. The van der Waals surface area contributed by atoms with Crippen molar-refractivity contribution in [2.75, 3.05) is 44.4 Å². The van der Waals surface area contributed by atoms with Gasteiger partial charge in [-0.15, -0.1) is 0 Å². The maximum atomic E-state index is 11.7. The molecule has 8 heteroatoms. The number of anilines is 2. The number of nitro groups is 1. The third-order valence-corrected chi connectivity index (χ3v) is 2.84. The van der Waals surface area contributed by atoms with Gasteiger partial charge in [0.05, 0.1) is 11.5 Å². The minimum atomic E-state index is -0.497. The van der Waals surface area contributed by atoms with Crippen molar-refractivity contribution in [1.82, 2.24) is 9.88 Å². The normalized spacial score (nSPS) is 10.1. The average Bonchev–Trinajstić information content (AvgIpc) is 2.44. The first-order chi connectivity index (χ1) is 9.86. The van der Waals surface area contributed by atoms with Crippen LogP contribution in [0.4, 0.5) is 17.3 Å². The zero-order chi connectivity index (χ0) is 16.0. The van der Waals surface area contributed by atoms with Crippen molar-refractivity contribution in [2.24, 2.45) is 0 Å². The summed E-state index contributed by atoms with van der Waals surface area (Å²) in [5.74, 6) is 0.582. The molecule has 0 aliphatic heterocycles. The monoisotopic (exact) mass is 295 g/mol. The van der Waals surface area contributed by atoms with Crippen molar-refractivity contribution < 1.29 is 9.72 Å². The maximum absolute atomic E-state index is 11.7. The third kappa shape index (κ3) is 4.59. The van der Waals surface area contributed by atoms with E-state index in [2.05, 4.69) is 10.3 Å². The Morgan fingerprint density at radius 3 is 2.57 bits per heavy atom. The van der Waals surface area contributed by atoms with Crippen molar-refractivity contribution >= 4 is 23.2 Å². The zero-order valence-electron chi connectivity index (χ0n) is 12.8. The Bertz CT molecular complexity index is 519. The first-order valence-electron chi connectivity index (χ1n) is 6.67. The summed E-state index contributed by atoms with van der Waals surface area (Å²) in [5, 5.41) is 14.2. The molecule has 1 rings (SSSR count). The topological polar surface area (TPSA) is 91.6 Å². The fourth-order valence-corrected chi connectivity index (χ4v) is 1.64. The van der Waals surface area contributed by atoms with Crippen LogP contribution in [0.3, 0.4) is 0 Å². The van der Waals surface area contributed by atoms with Gasteiger partial charge in [0.2, 0.25) is 11.7 Å². The Balaban J connectivity index is 3.04. The number of aromatic nitrogens is 1. The molecule has 0 atom stereocenters. The van der Waals surface area contributed by atoms with Crippen LogP contribution in [-0.4, -0.2) is 54.9 Å². The number of nitrogens with zero attached hydrogens (tertiary/aromatic N) is 4. The molecule has 0 aliphatic carbocycles. The first-order valence-corrected chi connectivity index (χ1v) is 6.67. The van der Waals surface area contributed by atoms with E-state index in [-0.39, 0.29) is 24.0 Å². The lowest BCUT2D eigenvalue weighted by Crippen LogP contribution is -2.35. The Labute approximate surface area is 123 Å². The van der Waals surface area contributed by atoms with Crippen molar-refractivity contribution in [2.45, 2.75) is 13.3 Å². The molecule has 1 aromatic heterocycles. The zero-order valence-corrected chi connectivity index (χ0v) is 12.8. The highest BCUT2D eigenvalue weighted by molar-refractivity contribution is 5.81. The van der Waals surface area contributed by atoms with E-state index in [9.17, 15) is 14.9 Å². The highest BCUT2D eigenvalue weighted by Gasteiger charge is 2.21. The van der Waals surface area contributed by atoms with E-state index in [0.29, 0.717) is 5.82 Å². The molecule has 0 fully saturated rings. The van der Waals surface area contributed by atoms with Crippen LogP contribution in [0.25, 0.3) is 0 Å². The molecular formula is C13H21N5O3. The van der Waals surface area contributed by atoms with Gasteiger partial charge < -0.3 is 15.1 Å². The van der Waals surface area contributed by atoms with Crippen LogP contribution >= 0.6 is 0 Å². The quantitative estimate of drug-likeness (QED) is 0.603. The van der Waals surface area contributed by atoms with E-state index in [1.165, 1.54) is 15.9 Å². The van der Waals surface area contributed by atoms with E-state index in [1.807, 2.05) is 6.92 Å². The van der Waals surface area contributed by atoms with Crippen LogP contribution in [0, 0.1) is 10.1 Å². The highest BCUT2D eigenvalue weighted by atomic mass is 16.6. The Morgan fingerprint density at radius 2 is 2.05 bits per heavy atom. The number of likely N-dealkylation sites (N-methyl/N-ethyl adjacent to an activating group) is 2. The third-order valence-electron chi connectivity index (χ3n) is 2.84. The second kappa shape index (κ2) is 7.41. The number of nitrogens with one attached hydrogen (secondary N) is 1. The summed E-state index contributed by atoms with van der Waals surface area (Å²) < 4.78 is 0. The number of rotatable bonds is 7. The van der Waals surface area contributed by atoms with E-state index in [4.69, 9.17) is 0 Å². The van der Waals surface area contributed by atoms with E-state index in [1.54, 1.807) is 27.2 Å². The van der Waals surface area contributed by atoms with Gasteiger partial charge in [-0.2, -0.15) is 0 Å². The molecule has 8 nitrogen and oxygen atoms in total. The van der Waals surface area contributed by atoms with Gasteiger partial charge in [-0.25, -0.2) is 4.98 Å². The summed E-state index contributed by atoms with van der Waals surface area (Å²) in [6.07, 6.45) is 0.920. The van der Waals surface area contributed by atoms with Crippen LogP contribution in [0.5, 0.6) is 0 Å². The molecule has 0 aromatic carbocycles. The Kier molecular flexibility index (Phi) is 5.89. The Hall–Kier alpha value is -2.38. The van der Waals surface area contributed by atoms with Gasteiger partial charge in [0, 0.05) is 33.8 Å². The lowest BCUT2D eigenvalue weighted by Gasteiger charge is -2.20. The largest absolute Gasteiger partial charge is 0.370 e. The predicted molar refractivity (Wildman–Crippen MR) is 81.6 cm³/mol. The fraction of sp³-hybridized carbons (Fsp3) is 0.538.